The number of nitrogens with one attached hydrogen (secondary N) is 3. The lowest BCUT2D eigenvalue weighted by Crippen LogP contribution is -2.49. The zero-order valence-corrected chi connectivity index (χ0v) is 15.5. The minimum absolute atomic E-state index is 0.0220. The third-order valence-corrected chi connectivity index (χ3v) is 4.97. The molecule has 1 aliphatic heterocycles. The maximum absolute atomic E-state index is 12.3. The van der Waals surface area contributed by atoms with Crippen molar-refractivity contribution >= 4 is 40.0 Å². The molecule has 27 heavy (non-hydrogen) atoms. The number of amides is 1. The quantitative estimate of drug-likeness (QED) is 0.629. The van der Waals surface area contributed by atoms with Gasteiger partial charge in [0.2, 0.25) is 5.91 Å². The Morgan fingerprint density at radius 3 is 2.96 bits per heavy atom. The molecule has 0 bridgehead atoms. The van der Waals surface area contributed by atoms with Gasteiger partial charge in [-0.2, -0.15) is 0 Å². The Morgan fingerprint density at radius 1 is 1.26 bits per heavy atom. The smallest absolute Gasteiger partial charge is 0.239 e. The lowest BCUT2D eigenvalue weighted by molar-refractivity contribution is -0.120. The third kappa shape index (κ3) is 4.14. The predicted molar refractivity (Wildman–Crippen MR) is 107 cm³/mol. The van der Waals surface area contributed by atoms with Crippen LogP contribution in [-0.2, 0) is 4.79 Å². The monoisotopic (exact) mass is 384 g/mol. The van der Waals surface area contributed by atoms with E-state index in [2.05, 4.69) is 30.5 Å². The van der Waals surface area contributed by atoms with Crippen LogP contribution in [0.1, 0.15) is 12.8 Å². The number of hydrogen-bond acceptors (Lipinski definition) is 5. The van der Waals surface area contributed by atoms with Gasteiger partial charge < -0.3 is 20.5 Å². The van der Waals surface area contributed by atoms with E-state index in [1.165, 1.54) is 0 Å². The first-order chi connectivity index (χ1) is 13.2. The average Bonchev–Trinajstić information content (AvgIpc) is 3.16. The lowest BCUT2D eigenvalue weighted by Gasteiger charge is -2.34. The van der Waals surface area contributed by atoms with Crippen molar-refractivity contribution < 1.29 is 4.79 Å². The number of anilines is 2. The molecule has 3 N–H and O–H groups in total. The number of benzene rings is 1. The van der Waals surface area contributed by atoms with Gasteiger partial charge in [-0.1, -0.05) is 11.6 Å². The molecule has 140 valence electrons. The van der Waals surface area contributed by atoms with E-state index in [-0.39, 0.29) is 18.5 Å². The number of rotatable bonds is 5. The molecular formula is C19H21ClN6O. The fourth-order valence-electron chi connectivity index (χ4n) is 3.43. The highest BCUT2D eigenvalue weighted by atomic mass is 35.5. The summed E-state index contributed by atoms with van der Waals surface area (Å²) in [5, 5.41) is 7.92. The van der Waals surface area contributed by atoms with Crippen LogP contribution in [-0.4, -0.2) is 46.5 Å². The molecule has 1 unspecified atom stereocenters. The Bertz CT molecular complexity index is 925. The predicted octanol–water partition coefficient (Wildman–Crippen LogP) is 2.81. The molecule has 0 spiro atoms. The summed E-state index contributed by atoms with van der Waals surface area (Å²) in [6, 6.07) is 9.39. The van der Waals surface area contributed by atoms with Crippen LogP contribution in [0.4, 0.5) is 11.5 Å². The number of halogens is 1. The Kier molecular flexibility index (Phi) is 5.11. The van der Waals surface area contributed by atoms with Crippen LogP contribution < -0.4 is 15.5 Å². The summed E-state index contributed by atoms with van der Waals surface area (Å²) in [7, 11) is 0. The molecule has 1 aromatic carbocycles. The topological polar surface area (TPSA) is 85.9 Å². The van der Waals surface area contributed by atoms with Crippen molar-refractivity contribution in [1.29, 1.82) is 0 Å². The van der Waals surface area contributed by atoms with E-state index in [9.17, 15) is 4.79 Å². The first-order valence-corrected chi connectivity index (χ1v) is 9.39. The van der Waals surface area contributed by atoms with E-state index in [0.29, 0.717) is 5.02 Å². The molecule has 1 aliphatic rings. The average molecular weight is 385 g/mol. The third-order valence-electron chi connectivity index (χ3n) is 4.72. The first kappa shape index (κ1) is 17.6. The highest BCUT2D eigenvalue weighted by Crippen LogP contribution is 2.25. The van der Waals surface area contributed by atoms with Crippen LogP contribution in [0.25, 0.3) is 11.0 Å². The van der Waals surface area contributed by atoms with Gasteiger partial charge in [-0.05, 0) is 43.2 Å². The second-order valence-electron chi connectivity index (χ2n) is 6.65. The minimum Gasteiger partial charge on any atom is -0.376 e. The summed E-state index contributed by atoms with van der Waals surface area (Å²) in [6.07, 6.45) is 5.41. The summed E-state index contributed by atoms with van der Waals surface area (Å²) < 4.78 is 0. The maximum Gasteiger partial charge on any atom is 0.239 e. The second kappa shape index (κ2) is 7.84. The molecule has 1 fully saturated rings. The van der Waals surface area contributed by atoms with Crippen molar-refractivity contribution in [3.63, 3.8) is 0 Å². The normalized spacial score (nSPS) is 17.1. The first-order valence-electron chi connectivity index (χ1n) is 9.01. The zero-order valence-electron chi connectivity index (χ0n) is 14.8. The van der Waals surface area contributed by atoms with Gasteiger partial charge in [-0.25, -0.2) is 9.97 Å². The number of carbonyl (C=O) groups excluding carboxylic acids is 1. The van der Waals surface area contributed by atoms with E-state index >= 15 is 0 Å². The lowest BCUT2D eigenvalue weighted by atomic mass is 10.1. The molecule has 0 saturated carbocycles. The summed E-state index contributed by atoms with van der Waals surface area (Å²) >= 11 is 5.87. The largest absolute Gasteiger partial charge is 0.376 e. The second-order valence-corrected chi connectivity index (χ2v) is 7.09. The van der Waals surface area contributed by atoms with Crippen molar-refractivity contribution in [2.45, 2.75) is 18.9 Å². The van der Waals surface area contributed by atoms with E-state index in [1.807, 2.05) is 24.4 Å². The number of H-pyrrole nitrogens is 1. The van der Waals surface area contributed by atoms with Gasteiger partial charge in [0.15, 0.2) is 0 Å². The number of piperidine rings is 1. The molecule has 1 amide bonds. The molecule has 7 nitrogen and oxygen atoms in total. The van der Waals surface area contributed by atoms with Gasteiger partial charge in [-0.3, -0.25) is 4.79 Å². The number of carbonyl (C=O) groups is 1. The van der Waals surface area contributed by atoms with Gasteiger partial charge >= 0.3 is 0 Å². The fraction of sp³-hybridized carbons (Fsp3) is 0.316. The molecule has 2 aromatic heterocycles. The van der Waals surface area contributed by atoms with Crippen molar-refractivity contribution in [3.8, 4) is 0 Å². The van der Waals surface area contributed by atoms with E-state index in [1.54, 1.807) is 18.5 Å². The Hall–Kier alpha value is -2.80. The standard InChI is InChI=1S/C19H21ClN6O/c20-13-3-5-14(6-4-13)22-10-17(27)25-15-2-1-9-26(11-15)19-16-7-8-21-18(16)23-12-24-19/h3-8,12,15,22H,1-2,9-11H2,(H,25,27)(H,21,23,24). The molecule has 1 atom stereocenters. The highest BCUT2D eigenvalue weighted by Gasteiger charge is 2.23. The van der Waals surface area contributed by atoms with Crippen LogP contribution in [0.15, 0.2) is 42.9 Å². The molecule has 3 aromatic rings. The molecule has 1 saturated heterocycles. The Morgan fingerprint density at radius 2 is 2.11 bits per heavy atom. The van der Waals surface area contributed by atoms with Crippen molar-refractivity contribution in [2.24, 2.45) is 0 Å². The minimum atomic E-state index is -0.0220. The van der Waals surface area contributed by atoms with Gasteiger partial charge in [0.1, 0.15) is 17.8 Å². The number of hydrogen-bond donors (Lipinski definition) is 3. The van der Waals surface area contributed by atoms with Gasteiger partial charge in [0.05, 0.1) is 11.9 Å². The van der Waals surface area contributed by atoms with Gasteiger partial charge in [-0.15, -0.1) is 0 Å². The molecule has 0 radical (unpaired) electrons. The number of fused-ring (bicyclic) bond motifs is 1. The van der Waals surface area contributed by atoms with Crippen molar-refractivity contribution in [1.82, 2.24) is 20.3 Å². The maximum atomic E-state index is 12.3. The summed E-state index contributed by atoms with van der Waals surface area (Å²) in [5.74, 6) is 0.894. The molecular weight excluding hydrogens is 364 g/mol. The summed E-state index contributed by atoms with van der Waals surface area (Å²) in [6.45, 7) is 1.89. The van der Waals surface area contributed by atoms with Crippen LogP contribution in [0.2, 0.25) is 5.02 Å². The zero-order chi connectivity index (χ0) is 18.6. The van der Waals surface area contributed by atoms with E-state index in [0.717, 1.165) is 48.5 Å². The van der Waals surface area contributed by atoms with Crippen LogP contribution in [0.3, 0.4) is 0 Å². The fourth-order valence-corrected chi connectivity index (χ4v) is 3.55. The summed E-state index contributed by atoms with van der Waals surface area (Å²) in [5.41, 5.74) is 1.70. The Balaban J connectivity index is 1.35. The van der Waals surface area contributed by atoms with E-state index < -0.39 is 0 Å². The number of aromatic amines is 1. The number of aromatic nitrogens is 3. The van der Waals surface area contributed by atoms with Crippen LogP contribution in [0.5, 0.6) is 0 Å². The molecule has 8 heteroatoms. The SMILES string of the molecule is O=C(CNc1ccc(Cl)cc1)NC1CCCN(c2ncnc3[nH]ccc23)C1. The highest BCUT2D eigenvalue weighted by molar-refractivity contribution is 6.30. The summed E-state index contributed by atoms with van der Waals surface area (Å²) in [4.78, 5) is 26.4. The van der Waals surface area contributed by atoms with Crippen LogP contribution >= 0.6 is 11.6 Å². The van der Waals surface area contributed by atoms with Crippen molar-refractivity contribution in [3.05, 3.63) is 47.9 Å². The van der Waals surface area contributed by atoms with Gasteiger partial charge in [0.25, 0.3) is 0 Å². The van der Waals surface area contributed by atoms with Crippen LogP contribution in [0, 0.1) is 0 Å². The number of nitrogens with zero attached hydrogens (tertiary/aromatic N) is 3. The molecule has 0 aliphatic carbocycles. The molecule has 4 rings (SSSR count). The van der Waals surface area contributed by atoms with Crippen molar-refractivity contribution in [2.75, 3.05) is 29.9 Å². The van der Waals surface area contributed by atoms with Gasteiger partial charge in [0, 0.05) is 36.0 Å². The van der Waals surface area contributed by atoms with E-state index in [4.69, 9.17) is 11.6 Å². The molecule has 3 heterocycles. The Labute approximate surface area is 162 Å².